The van der Waals surface area contributed by atoms with E-state index in [9.17, 15) is 14.0 Å². The first-order valence-electron chi connectivity index (χ1n) is 9.72. The maximum absolute atomic E-state index is 13.4. The fraction of sp³-hybridized carbons (Fsp3) is 0.524. The van der Waals surface area contributed by atoms with Gasteiger partial charge in [0, 0.05) is 32.8 Å². The van der Waals surface area contributed by atoms with Crippen LogP contribution >= 0.6 is 0 Å². The van der Waals surface area contributed by atoms with Crippen LogP contribution in [-0.4, -0.2) is 54.5 Å². The topological polar surface area (TPSA) is 49.9 Å². The Kier molecular flexibility index (Phi) is 6.26. The first kappa shape index (κ1) is 19.5. The highest BCUT2D eigenvalue weighted by Crippen LogP contribution is 2.34. The number of likely N-dealkylation sites (tertiary alicyclic amines) is 1. The van der Waals surface area contributed by atoms with Gasteiger partial charge in [0.25, 0.3) is 11.8 Å². The molecule has 0 N–H and O–H groups in total. The summed E-state index contributed by atoms with van der Waals surface area (Å²) in [5.74, 6) is -0.286. The van der Waals surface area contributed by atoms with Crippen LogP contribution in [0.5, 0.6) is 0 Å². The van der Waals surface area contributed by atoms with Crippen molar-refractivity contribution >= 4 is 17.4 Å². The summed E-state index contributed by atoms with van der Waals surface area (Å²) in [6.45, 7) is 7.08. The van der Waals surface area contributed by atoms with Crippen LogP contribution in [0.1, 0.15) is 38.7 Å². The van der Waals surface area contributed by atoms with Crippen molar-refractivity contribution in [1.29, 1.82) is 0 Å². The van der Waals surface area contributed by atoms with Crippen LogP contribution in [0.2, 0.25) is 0 Å². The van der Waals surface area contributed by atoms with Gasteiger partial charge in [0.1, 0.15) is 11.5 Å². The SMILES string of the molecule is CCOCCCN1C(=O)C(c2ccc(F)cc2)=C(N2CCC(C)CC2)C1=O. The second kappa shape index (κ2) is 8.65. The van der Waals surface area contributed by atoms with E-state index in [2.05, 4.69) is 6.92 Å². The third kappa shape index (κ3) is 4.21. The summed E-state index contributed by atoms with van der Waals surface area (Å²) in [4.78, 5) is 29.5. The van der Waals surface area contributed by atoms with Crippen molar-refractivity contribution in [3.63, 3.8) is 0 Å². The lowest BCUT2D eigenvalue weighted by molar-refractivity contribution is -0.137. The molecule has 2 aliphatic rings. The maximum atomic E-state index is 13.4. The molecular weight excluding hydrogens is 347 g/mol. The van der Waals surface area contributed by atoms with Gasteiger partial charge in [0.15, 0.2) is 0 Å². The summed E-state index contributed by atoms with van der Waals surface area (Å²) in [6.07, 6.45) is 2.59. The zero-order valence-corrected chi connectivity index (χ0v) is 16.0. The van der Waals surface area contributed by atoms with Crippen LogP contribution in [0.15, 0.2) is 30.0 Å². The van der Waals surface area contributed by atoms with Gasteiger partial charge in [-0.1, -0.05) is 19.1 Å². The molecule has 2 amide bonds. The van der Waals surface area contributed by atoms with E-state index >= 15 is 0 Å². The van der Waals surface area contributed by atoms with Crippen molar-refractivity contribution in [2.45, 2.75) is 33.1 Å². The largest absolute Gasteiger partial charge is 0.382 e. The molecule has 0 saturated carbocycles. The summed E-state index contributed by atoms with van der Waals surface area (Å²) < 4.78 is 18.7. The number of amides is 2. The minimum atomic E-state index is -0.363. The highest BCUT2D eigenvalue weighted by molar-refractivity contribution is 6.35. The van der Waals surface area contributed by atoms with Gasteiger partial charge in [-0.2, -0.15) is 0 Å². The predicted octanol–water partition coefficient (Wildman–Crippen LogP) is 3.06. The maximum Gasteiger partial charge on any atom is 0.277 e. The molecule has 1 aromatic carbocycles. The number of hydrogen-bond acceptors (Lipinski definition) is 4. The molecular formula is C21H27FN2O3. The van der Waals surface area contributed by atoms with Crippen LogP contribution in [0.3, 0.4) is 0 Å². The van der Waals surface area contributed by atoms with E-state index in [1.807, 2.05) is 11.8 Å². The molecule has 2 aliphatic heterocycles. The molecule has 146 valence electrons. The number of rotatable bonds is 7. The van der Waals surface area contributed by atoms with Crippen molar-refractivity contribution in [3.05, 3.63) is 41.3 Å². The third-order valence-electron chi connectivity index (χ3n) is 5.25. The van der Waals surface area contributed by atoms with Gasteiger partial charge >= 0.3 is 0 Å². The normalized spacial score (nSPS) is 18.8. The Morgan fingerprint density at radius 1 is 1.11 bits per heavy atom. The number of hydrogen-bond donors (Lipinski definition) is 0. The summed E-state index contributed by atoms with van der Waals surface area (Å²) in [7, 11) is 0. The summed E-state index contributed by atoms with van der Waals surface area (Å²) >= 11 is 0. The van der Waals surface area contributed by atoms with E-state index in [0.29, 0.717) is 48.9 Å². The predicted molar refractivity (Wildman–Crippen MR) is 101 cm³/mol. The standard InChI is InChI=1S/C21H27FN2O3/c1-3-27-14-4-11-24-20(25)18(16-5-7-17(22)8-6-16)19(21(24)26)23-12-9-15(2)10-13-23/h5-8,15H,3-4,9-14H2,1-2H3. The van der Waals surface area contributed by atoms with E-state index in [1.54, 1.807) is 12.1 Å². The highest BCUT2D eigenvalue weighted by Gasteiger charge is 2.41. The zero-order chi connectivity index (χ0) is 19.4. The van der Waals surface area contributed by atoms with Crippen LogP contribution < -0.4 is 0 Å². The molecule has 0 aromatic heterocycles. The second-order valence-electron chi connectivity index (χ2n) is 7.21. The minimum Gasteiger partial charge on any atom is -0.382 e. The first-order valence-corrected chi connectivity index (χ1v) is 9.72. The Morgan fingerprint density at radius 3 is 2.41 bits per heavy atom. The number of ether oxygens (including phenoxy) is 1. The quantitative estimate of drug-likeness (QED) is 0.544. The molecule has 1 saturated heterocycles. The molecule has 5 nitrogen and oxygen atoms in total. The van der Waals surface area contributed by atoms with E-state index < -0.39 is 0 Å². The van der Waals surface area contributed by atoms with Gasteiger partial charge in [-0.25, -0.2) is 4.39 Å². The summed E-state index contributed by atoms with van der Waals surface area (Å²) in [6, 6.07) is 5.81. The molecule has 0 aliphatic carbocycles. The fourth-order valence-electron chi connectivity index (χ4n) is 3.64. The number of nitrogens with zero attached hydrogens (tertiary/aromatic N) is 2. The zero-order valence-electron chi connectivity index (χ0n) is 16.0. The van der Waals surface area contributed by atoms with Gasteiger partial charge in [-0.3, -0.25) is 14.5 Å². The lowest BCUT2D eigenvalue weighted by Crippen LogP contribution is -2.39. The highest BCUT2D eigenvalue weighted by atomic mass is 19.1. The first-order chi connectivity index (χ1) is 13.0. The second-order valence-corrected chi connectivity index (χ2v) is 7.21. The number of halogens is 1. The van der Waals surface area contributed by atoms with Gasteiger partial charge in [0.2, 0.25) is 0 Å². The Balaban J connectivity index is 1.89. The number of piperidine rings is 1. The number of carbonyl (C=O) groups is 2. The monoisotopic (exact) mass is 374 g/mol. The molecule has 0 spiro atoms. The molecule has 3 rings (SSSR count). The van der Waals surface area contributed by atoms with Crippen molar-refractivity contribution in [2.24, 2.45) is 5.92 Å². The molecule has 27 heavy (non-hydrogen) atoms. The Morgan fingerprint density at radius 2 is 1.78 bits per heavy atom. The Bertz CT molecular complexity index is 721. The molecule has 0 bridgehead atoms. The lowest BCUT2D eigenvalue weighted by atomic mass is 9.97. The fourth-order valence-corrected chi connectivity index (χ4v) is 3.64. The third-order valence-corrected chi connectivity index (χ3v) is 5.25. The summed E-state index contributed by atoms with van der Waals surface area (Å²) in [5.41, 5.74) is 1.46. The van der Waals surface area contributed by atoms with E-state index in [0.717, 1.165) is 25.9 Å². The van der Waals surface area contributed by atoms with Crippen LogP contribution in [0.4, 0.5) is 4.39 Å². The smallest absolute Gasteiger partial charge is 0.277 e. The Hall–Kier alpha value is -2.21. The van der Waals surface area contributed by atoms with Gasteiger partial charge in [0.05, 0.1) is 5.57 Å². The average Bonchev–Trinajstić information content (AvgIpc) is 2.91. The molecule has 1 fully saturated rings. The molecule has 0 atom stereocenters. The number of imide groups is 1. The number of carbonyl (C=O) groups excluding carboxylic acids is 2. The van der Waals surface area contributed by atoms with E-state index in [1.165, 1.54) is 17.0 Å². The van der Waals surface area contributed by atoms with E-state index in [-0.39, 0.29) is 17.6 Å². The molecule has 0 unspecified atom stereocenters. The average molecular weight is 374 g/mol. The van der Waals surface area contributed by atoms with Crippen molar-refractivity contribution in [1.82, 2.24) is 9.80 Å². The van der Waals surface area contributed by atoms with Gasteiger partial charge < -0.3 is 9.64 Å². The Labute approximate surface area is 159 Å². The van der Waals surface area contributed by atoms with Crippen LogP contribution in [-0.2, 0) is 14.3 Å². The van der Waals surface area contributed by atoms with Crippen molar-refractivity contribution < 1.29 is 18.7 Å². The number of benzene rings is 1. The minimum absolute atomic E-state index is 0.245. The van der Waals surface area contributed by atoms with Crippen molar-refractivity contribution in [3.8, 4) is 0 Å². The van der Waals surface area contributed by atoms with Crippen molar-refractivity contribution in [2.75, 3.05) is 32.8 Å². The van der Waals surface area contributed by atoms with Gasteiger partial charge in [-0.05, 0) is 49.8 Å². The molecule has 1 aromatic rings. The molecule has 0 radical (unpaired) electrons. The molecule has 6 heteroatoms. The lowest BCUT2D eigenvalue weighted by Gasteiger charge is -2.32. The van der Waals surface area contributed by atoms with Crippen LogP contribution in [0, 0.1) is 11.7 Å². The van der Waals surface area contributed by atoms with Crippen LogP contribution in [0.25, 0.3) is 5.57 Å². The van der Waals surface area contributed by atoms with E-state index in [4.69, 9.17) is 4.74 Å². The van der Waals surface area contributed by atoms with Gasteiger partial charge in [-0.15, -0.1) is 0 Å². The summed E-state index contributed by atoms with van der Waals surface area (Å²) in [5, 5.41) is 0. The molecule has 2 heterocycles.